The Hall–Kier alpha value is -2.35. The number of piperidine rings is 1. The van der Waals surface area contributed by atoms with Gasteiger partial charge in [-0.3, -0.25) is 0 Å². The van der Waals surface area contributed by atoms with Crippen molar-refractivity contribution >= 4 is 27.2 Å². The minimum Gasteiger partial charge on any atom is -0.371 e. The fourth-order valence-electron chi connectivity index (χ4n) is 4.07. The molecule has 0 aliphatic carbocycles. The highest BCUT2D eigenvalue weighted by atomic mass is 32.2. The molecule has 0 bridgehead atoms. The first-order chi connectivity index (χ1) is 14.0. The first-order valence-electron chi connectivity index (χ1n) is 10.5. The third kappa shape index (κ3) is 4.63. The number of anilines is 3. The lowest BCUT2D eigenvalue weighted by Crippen LogP contribution is -2.39. The maximum Gasteiger partial charge on any atom is 0.178 e. The minimum absolute atomic E-state index is 0.131. The number of hydrogen-bond acceptors (Lipinski definition) is 7. The highest BCUT2D eigenvalue weighted by Gasteiger charge is 2.21. The monoisotopic (exact) mass is 415 g/mol. The zero-order valence-corrected chi connectivity index (χ0v) is 17.7. The van der Waals surface area contributed by atoms with E-state index in [0.717, 1.165) is 56.3 Å². The molecule has 0 saturated carbocycles. The molecule has 156 valence electrons. The first kappa shape index (κ1) is 19.9. The topological polar surface area (TPSA) is 78.4 Å². The van der Waals surface area contributed by atoms with Gasteiger partial charge in [-0.25, -0.2) is 18.4 Å². The number of benzene rings is 1. The van der Waals surface area contributed by atoms with Crippen molar-refractivity contribution in [3.8, 4) is 0 Å². The molecule has 3 heterocycles. The third-order valence-corrected chi connectivity index (χ3v) is 7.62. The summed E-state index contributed by atoms with van der Waals surface area (Å²) >= 11 is 0. The molecular weight excluding hydrogens is 386 g/mol. The number of sulfone groups is 1. The summed E-state index contributed by atoms with van der Waals surface area (Å²) in [5.74, 6) is 2.04. The Kier molecular flexibility index (Phi) is 5.89. The fraction of sp³-hybridized carbons (Fsp3) is 0.524. The Morgan fingerprint density at radius 2 is 1.69 bits per heavy atom. The zero-order chi connectivity index (χ0) is 20.3. The van der Waals surface area contributed by atoms with E-state index < -0.39 is 9.84 Å². The minimum atomic E-state index is -3.14. The number of aromatic nitrogens is 2. The number of nitrogens with one attached hydrogen (secondary N) is 1. The van der Waals surface area contributed by atoms with Crippen LogP contribution < -0.4 is 15.1 Å². The van der Waals surface area contributed by atoms with Crippen LogP contribution in [0.25, 0.3) is 0 Å². The molecule has 0 amide bonds. The van der Waals surface area contributed by atoms with Gasteiger partial charge in [-0.05, 0) is 49.9 Å². The van der Waals surface area contributed by atoms with E-state index in [9.17, 15) is 8.42 Å². The highest BCUT2D eigenvalue weighted by Crippen LogP contribution is 2.25. The maximum atomic E-state index is 12.0. The van der Waals surface area contributed by atoms with Crippen molar-refractivity contribution in [3.63, 3.8) is 0 Å². The molecule has 7 nitrogen and oxygen atoms in total. The van der Waals surface area contributed by atoms with Gasteiger partial charge in [-0.1, -0.05) is 6.92 Å². The van der Waals surface area contributed by atoms with E-state index in [1.54, 1.807) is 25.4 Å². The quantitative estimate of drug-likeness (QED) is 0.777. The summed E-state index contributed by atoms with van der Waals surface area (Å²) in [5, 5.41) is 3.57. The van der Waals surface area contributed by atoms with Crippen molar-refractivity contribution in [1.29, 1.82) is 0 Å². The van der Waals surface area contributed by atoms with Crippen LogP contribution in [0.2, 0.25) is 0 Å². The van der Waals surface area contributed by atoms with Gasteiger partial charge in [0.15, 0.2) is 9.84 Å². The van der Waals surface area contributed by atoms with Crippen LogP contribution in [0.15, 0.2) is 41.6 Å². The van der Waals surface area contributed by atoms with E-state index >= 15 is 0 Å². The Morgan fingerprint density at radius 3 is 2.34 bits per heavy atom. The highest BCUT2D eigenvalue weighted by molar-refractivity contribution is 7.91. The van der Waals surface area contributed by atoms with Gasteiger partial charge >= 0.3 is 0 Å². The lowest BCUT2D eigenvalue weighted by Gasteiger charge is -2.34. The van der Waals surface area contributed by atoms with E-state index in [2.05, 4.69) is 31.2 Å². The molecule has 1 aromatic heterocycles. The average molecular weight is 416 g/mol. The number of rotatable bonds is 6. The summed E-state index contributed by atoms with van der Waals surface area (Å²) in [6.45, 7) is 5.69. The van der Waals surface area contributed by atoms with Crippen LogP contribution in [0.1, 0.15) is 32.6 Å². The molecule has 0 atom stereocenters. The second-order valence-corrected chi connectivity index (χ2v) is 10.0. The summed E-state index contributed by atoms with van der Waals surface area (Å²) in [6.07, 6.45) is 6.14. The molecule has 0 unspecified atom stereocenters. The third-order valence-electron chi connectivity index (χ3n) is 5.87. The summed E-state index contributed by atoms with van der Waals surface area (Å²) in [6, 6.07) is 9.72. The molecule has 8 heteroatoms. The van der Waals surface area contributed by atoms with E-state index in [1.807, 2.05) is 12.1 Å². The maximum absolute atomic E-state index is 12.0. The summed E-state index contributed by atoms with van der Waals surface area (Å²) in [4.78, 5) is 13.9. The Bertz CT molecular complexity index is 918. The smallest absolute Gasteiger partial charge is 0.178 e. The van der Waals surface area contributed by atoms with Crippen LogP contribution in [0.4, 0.5) is 17.3 Å². The zero-order valence-electron chi connectivity index (χ0n) is 16.9. The molecule has 0 radical (unpaired) electrons. The first-order valence-corrected chi connectivity index (χ1v) is 12.1. The molecule has 4 rings (SSSR count). The van der Waals surface area contributed by atoms with Crippen molar-refractivity contribution in [1.82, 2.24) is 9.97 Å². The molecule has 2 saturated heterocycles. The van der Waals surface area contributed by atoms with Crippen molar-refractivity contribution in [2.24, 2.45) is 0 Å². The van der Waals surface area contributed by atoms with Gasteiger partial charge < -0.3 is 15.1 Å². The van der Waals surface area contributed by atoms with Crippen molar-refractivity contribution in [2.45, 2.75) is 43.5 Å². The van der Waals surface area contributed by atoms with Crippen LogP contribution in [0, 0.1) is 0 Å². The molecule has 1 aromatic carbocycles. The Morgan fingerprint density at radius 1 is 1.00 bits per heavy atom. The normalized spacial score (nSPS) is 18.2. The van der Waals surface area contributed by atoms with Gasteiger partial charge in [0.25, 0.3) is 0 Å². The lowest BCUT2D eigenvalue weighted by molar-refractivity contribution is 0.525. The summed E-state index contributed by atoms with van der Waals surface area (Å²) in [5.41, 5.74) is 1.08. The van der Waals surface area contributed by atoms with Crippen LogP contribution in [0.3, 0.4) is 0 Å². The molecule has 2 fully saturated rings. The molecule has 2 aliphatic heterocycles. The van der Waals surface area contributed by atoms with Crippen molar-refractivity contribution < 1.29 is 8.42 Å². The van der Waals surface area contributed by atoms with Gasteiger partial charge in [-0.2, -0.15) is 0 Å². The van der Waals surface area contributed by atoms with Crippen LogP contribution in [-0.2, 0) is 9.84 Å². The predicted molar refractivity (Wildman–Crippen MR) is 117 cm³/mol. The van der Waals surface area contributed by atoms with E-state index in [0.29, 0.717) is 10.9 Å². The van der Waals surface area contributed by atoms with Crippen molar-refractivity contribution in [3.05, 3.63) is 36.7 Å². The largest absolute Gasteiger partial charge is 0.371 e. The number of nitrogens with zero attached hydrogens (tertiary/aromatic N) is 4. The Labute approximate surface area is 173 Å². The fourth-order valence-corrected chi connectivity index (χ4v) is 4.95. The summed E-state index contributed by atoms with van der Waals surface area (Å²) in [7, 11) is -3.14. The van der Waals surface area contributed by atoms with Gasteiger partial charge in [0.1, 0.15) is 18.0 Å². The molecular formula is C21H29N5O2S. The molecule has 2 aromatic rings. The molecule has 29 heavy (non-hydrogen) atoms. The summed E-state index contributed by atoms with van der Waals surface area (Å²) < 4.78 is 24.0. The van der Waals surface area contributed by atoms with Crippen LogP contribution in [0.5, 0.6) is 0 Å². The molecule has 1 N–H and O–H groups in total. The van der Waals surface area contributed by atoms with Crippen LogP contribution in [-0.4, -0.2) is 56.4 Å². The lowest BCUT2D eigenvalue weighted by atomic mass is 10.0. The average Bonchev–Trinajstić information content (AvgIpc) is 3.30. The predicted octanol–water partition coefficient (Wildman–Crippen LogP) is 2.95. The molecule has 2 aliphatic rings. The van der Waals surface area contributed by atoms with Crippen LogP contribution >= 0.6 is 0 Å². The van der Waals surface area contributed by atoms with E-state index in [4.69, 9.17) is 0 Å². The van der Waals surface area contributed by atoms with Crippen molar-refractivity contribution in [2.75, 3.05) is 47.0 Å². The van der Waals surface area contributed by atoms with Gasteiger partial charge in [0, 0.05) is 44.0 Å². The molecule has 0 spiro atoms. The van der Waals surface area contributed by atoms with E-state index in [-0.39, 0.29) is 5.75 Å². The Balaban J connectivity index is 1.33. The van der Waals surface area contributed by atoms with Gasteiger partial charge in [-0.15, -0.1) is 0 Å². The SMILES string of the molecule is CCS(=O)(=O)c1ccc(N2CCC(Nc3cc(N4CCCC4)ncn3)CC2)cc1. The standard InChI is InChI=1S/C21H29N5O2S/c1-2-29(27,28)19-7-5-18(6-8-19)25-13-9-17(10-14-25)24-20-15-21(23-16-22-20)26-11-3-4-12-26/h5-8,15-17H,2-4,9-14H2,1H3,(H,22,23,24). The number of hydrogen-bond donors (Lipinski definition) is 1. The second kappa shape index (κ2) is 8.57. The van der Waals surface area contributed by atoms with E-state index in [1.165, 1.54) is 12.8 Å². The van der Waals surface area contributed by atoms with Gasteiger partial charge in [0.2, 0.25) is 0 Å². The van der Waals surface area contributed by atoms with Gasteiger partial charge in [0.05, 0.1) is 10.6 Å². The second-order valence-electron chi connectivity index (χ2n) is 7.76.